The molecule has 1 fully saturated rings. The van der Waals surface area contributed by atoms with E-state index >= 15 is 0 Å². The Morgan fingerprint density at radius 1 is 1.52 bits per heavy atom. The fraction of sp³-hybridized carbons (Fsp3) is 0.583. The van der Waals surface area contributed by atoms with Crippen molar-refractivity contribution < 1.29 is 13.2 Å². The molecule has 1 saturated carbocycles. The number of nitrogens with zero attached hydrogens (tertiary/aromatic N) is 2. The van der Waals surface area contributed by atoms with Gasteiger partial charge >= 0.3 is 0 Å². The molecule has 116 valence electrons. The zero-order valence-electron chi connectivity index (χ0n) is 11.7. The van der Waals surface area contributed by atoms with Crippen LogP contribution < -0.4 is 10.0 Å². The van der Waals surface area contributed by atoms with Gasteiger partial charge in [0.25, 0.3) is 10.0 Å². The standard InChI is InChI=1S/C12H18N4O3S2/c1-13-10-11(16-5-7-20-12(16)15-10)21(17,18)14-4-6-19-8-9-2-3-9/h5,7,9,13-14H,2-4,6,8H2,1H3. The van der Waals surface area contributed by atoms with Crippen molar-refractivity contribution >= 4 is 32.1 Å². The third kappa shape index (κ3) is 3.20. The lowest BCUT2D eigenvalue weighted by molar-refractivity contribution is 0.129. The molecule has 0 atom stereocenters. The van der Waals surface area contributed by atoms with Crippen molar-refractivity contribution in [2.45, 2.75) is 17.9 Å². The maximum atomic E-state index is 12.4. The van der Waals surface area contributed by atoms with E-state index in [4.69, 9.17) is 4.74 Å². The molecule has 3 rings (SSSR count). The maximum Gasteiger partial charge on any atom is 0.260 e. The zero-order valence-corrected chi connectivity index (χ0v) is 13.3. The van der Waals surface area contributed by atoms with Gasteiger partial charge < -0.3 is 10.1 Å². The molecule has 0 aliphatic heterocycles. The number of sulfonamides is 1. The normalized spacial score (nSPS) is 15.7. The predicted octanol–water partition coefficient (Wildman–Crippen LogP) is 1.14. The van der Waals surface area contributed by atoms with Crippen molar-refractivity contribution in [2.75, 3.05) is 32.1 Å². The molecule has 21 heavy (non-hydrogen) atoms. The summed E-state index contributed by atoms with van der Waals surface area (Å²) in [5.74, 6) is 1.03. The van der Waals surface area contributed by atoms with Gasteiger partial charge in [0.05, 0.1) is 6.61 Å². The lowest BCUT2D eigenvalue weighted by Crippen LogP contribution is -2.29. The maximum absolute atomic E-state index is 12.4. The highest BCUT2D eigenvalue weighted by molar-refractivity contribution is 7.89. The molecule has 0 bridgehead atoms. The Bertz CT molecular complexity index is 718. The van der Waals surface area contributed by atoms with Crippen molar-refractivity contribution in [1.29, 1.82) is 0 Å². The van der Waals surface area contributed by atoms with Gasteiger partial charge in [0.2, 0.25) is 0 Å². The topological polar surface area (TPSA) is 84.7 Å². The summed E-state index contributed by atoms with van der Waals surface area (Å²) < 4.78 is 34.4. The molecular weight excluding hydrogens is 312 g/mol. The van der Waals surface area contributed by atoms with Gasteiger partial charge in [-0.05, 0) is 18.8 Å². The van der Waals surface area contributed by atoms with Gasteiger partial charge in [-0.15, -0.1) is 11.3 Å². The summed E-state index contributed by atoms with van der Waals surface area (Å²) in [6.07, 6.45) is 4.15. The number of aromatic nitrogens is 2. The summed E-state index contributed by atoms with van der Waals surface area (Å²) in [4.78, 5) is 4.90. The van der Waals surface area contributed by atoms with Gasteiger partial charge in [-0.3, -0.25) is 4.40 Å². The SMILES string of the molecule is CNc1nc2sccn2c1S(=O)(=O)NCCOCC1CC1. The quantitative estimate of drug-likeness (QED) is 0.709. The summed E-state index contributed by atoms with van der Waals surface area (Å²) in [5, 5.41) is 4.77. The van der Waals surface area contributed by atoms with E-state index in [1.807, 2.05) is 0 Å². The number of hydrogen-bond donors (Lipinski definition) is 2. The molecule has 0 aromatic carbocycles. The molecule has 0 amide bonds. The minimum atomic E-state index is -3.63. The van der Waals surface area contributed by atoms with E-state index in [0.717, 1.165) is 6.61 Å². The molecule has 2 N–H and O–H groups in total. The number of anilines is 1. The molecule has 2 heterocycles. The first-order chi connectivity index (χ1) is 10.1. The minimum absolute atomic E-state index is 0.142. The van der Waals surface area contributed by atoms with E-state index in [9.17, 15) is 8.42 Å². The first kappa shape index (κ1) is 14.8. The first-order valence-corrected chi connectivity index (χ1v) is 9.19. The molecule has 2 aromatic heterocycles. The van der Waals surface area contributed by atoms with Crippen molar-refractivity contribution in [2.24, 2.45) is 5.92 Å². The van der Waals surface area contributed by atoms with Crippen LogP contribution in [-0.2, 0) is 14.8 Å². The summed E-state index contributed by atoms with van der Waals surface area (Å²) in [5.41, 5.74) is 0. The Labute approximate surface area is 127 Å². The van der Waals surface area contributed by atoms with Crippen LogP contribution in [0.5, 0.6) is 0 Å². The number of fused-ring (bicyclic) bond motifs is 1. The van der Waals surface area contributed by atoms with Crippen molar-refractivity contribution in [1.82, 2.24) is 14.1 Å². The van der Waals surface area contributed by atoms with E-state index in [-0.39, 0.29) is 11.6 Å². The van der Waals surface area contributed by atoms with E-state index in [1.165, 1.54) is 24.2 Å². The number of imidazole rings is 1. The fourth-order valence-corrected chi connectivity index (χ4v) is 4.10. The molecule has 1 aliphatic carbocycles. The number of nitrogens with one attached hydrogen (secondary N) is 2. The third-order valence-electron chi connectivity index (χ3n) is 3.30. The molecule has 1 aliphatic rings. The van der Waals surface area contributed by atoms with Gasteiger partial charge in [-0.25, -0.2) is 18.1 Å². The van der Waals surface area contributed by atoms with Gasteiger partial charge in [0.15, 0.2) is 15.8 Å². The Hall–Kier alpha value is -1.16. The van der Waals surface area contributed by atoms with Gasteiger partial charge in [0, 0.05) is 31.8 Å². The molecule has 0 radical (unpaired) electrons. The van der Waals surface area contributed by atoms with Crippen LogP contribution in [0.15, 0.2) is 16.6 Å². The summed E-state index contributed by atoms with van der Waals surface area (Å²) >= 11 is 1.39. The van der Waals surface area contributed by atoms with Gasteiger partial charge in [-0.2, -0.15) is 0 Å². The molecule has 2 aromatic rings. The highest BCUT2D eigenvalue weighted by Gasteiger charge is 2.25. The first-order valence-electron chi connectivity index (χ1n) is 6.82. The van der Waals surface area contributed by atoms with E-state index in [2.05, 4.69) is 15.0 Å². The zero-order chi connectivity index (χ0) is 14.9. The molecule has 0 spiro atoms. The largest absolute Gasteiger partial charge is 0.380 e. The smallest absolute Gasteiger partial charge is 0.260 e. The monoisotopic (exact) mass is 330 g/mol. The number of thiazole rings is 1. The average molecular weight is 330 g/mol. The van der Waals surface area contributed by atoms with Crippen LogP contribution in [0, 0.1) is 5.92 Å². The second kappa shape index (κ2) is 5.91. The van der Waals surface area contributed by atoms with Crippen LogP contribution in [0.4, 0.5) is 5.82 Å². The van der Waals surface area contributed by atoms with Gasteiger partial charge in [-0.1, -0.05) is 0 Å². The Balaban J connectivity index is 1.68. The Morgan fingerprint density at radius 2 is 2.33 bits per heavy atom. The molecule has 7 nitrogen and oxygen atoms in total. The molecule has 9 heteroatoms. The van der Waals surface area contributed by atoms with E-state index in [0.29, 0.717) is 23.3 Å². The summed E-state index contributed by atoms with van der Waals surface area (Å²) in [7, 11) is -1.97. The second-order valence-electron chi connectivity index (χ2n) is 4.99. The van der Waals surface area contributed by atoms with Crippen molar-refractivity contribution in [3.05, 3.63) is 11.6 Å². The molecular formula is C12H18N4O3S2. The second-order valence-corrected chi connectivity index (χ2v) is 7.54. The van der Waals surface area contributed by atoms with Crippen LogP contribution in [0.3, 0.4) is 0 Å². The van der Waals surface area contributed by atoms with Crippen molar-refractivity contribution in [3.8, 4) is 0 Å². The van der Waals surface area contributed by atoms with Gasteiger partial charge in [0.1, 0.15) is 0 Å². The number of ether oxygens (including phenoxy) is 1. The Morgan fingerprint density at radius 3 is 3.05 bits per heavy atom. The lowest BCUT2D eigenvalue weighted by atomic mass is 10.5. The van der Waals surface area contributed by atoms with Crippen molar-refractivity contribution in [3.63, 3.8) is 0 Å². The van der Waals surface area contributed by atoms with Crippen LogP contribution >= 0.6 is 11.3 Å². The summed E-state index contributed by atoms with van der Waals surface area (Å²) in [6, 6.07) is 0. The average Bonchev–Trinajstić information content (AvgIpc) is 3.03. The summed E-state index contributed by atoms with van der Waals surface area (Å²) in [6.45, 7) is 1.37. The molecule has 0 saturated heterocycles. The number of rotatable bonds is 8. The molecule has 0 unspecified atom stereocenters. The fourth-order valence-electron chi connectivity index (χ4n) is 2.04. The predicted molar refractivity (Wildman–Crippen MR) is 81.3 cm³/mol. The highest BCUT2D eigenvalue weighted by atomic mass is 32.2. The van der Waals surface area contributed by atoms with Crippen LogP contribution in [0.25, 0.3) is 4.96 Å². The van der Waals surface area contributed by atoms with E-state index in [1.54, 1.807) is 23.0 Å². The third-order valence-corrected chi connectivity index (χ3v) is 5.54. The highest BCUT2D eigenvalue weighted by Crippen LogP contribution is 2.28. The van der Waals surface area contributed by atoms with Crippen LogP contribution in [0.2, 0.25) is 0 Å². The van der Waals surface area contributed by atoms with Crippen LogP contribution in [0.1, 0.15) is 12.8 Å². The number of hydrogen-bond acceptors (Lipinski definition) is 6. The minimum Gasteiger partial charge on any atom is -0.380 e. The Kier molecular flexibility index (Phi) is 4.16. The van der Waals surface area contributed by atoms with E-state index < -0.39 is 10.0 Å². The van der Waals surface area contributed by atoms with Crippen LogP contribution in [-0.4, -0.2) is 44.6 Å². The lowest BCUT2D eigenvalue weighted by Gasteiger charge is -2.08.